The van der Waals surface area contributed by atoms with Crippen molar-refractivity contribution in [2.45, 2.75) is 43.9 Å². The third-order valence-corrected chi connectivity index (χ3v) is 6.90. The molecule has 0 spiro atoms. The lowest BCUT2D eigenvalue weighted by Gasteiger charge is -2.29. The SMILES string of the molecule is CCN1C(=O)/C(=C\c2ccc(C3CC[C@@H](C)CC3Br)o2)SC1=S. The van der Waals surface area contributed by atoms with Crippen LogP contribution in [0.1, 0.15) is 50.5 Å². The molecule has 1 aliphatic heterocycles. The zero-order valence-electron chi connectivity index (χ0n) is 13.3. The Kier molecular flexibility index (Phi) is 5.33. The topological polar surface area (TPSA) is 33.5 Å². The summed E-state index contributed by atoms with van der Waals surface area (Å²) < 4.78 is 6.63. The summed E-state index contributed by atoms with van der Waals surface area (Å²) in [5.41, 5.74) is 0. The number of hydrogen-bond acceptors (Lipinski definition) is 4. The highest BCUT2D eigenvalue weighted by Gasteiger charge is 2.32. The average Bonchev–Trinajstić information content (AvgIpc) is 3.05. The number of thiocarbonyl (C=S) groups is 1. The lowest BCUT2D eigenvalue weighted by molar-refractivity contribution is -0.121. The van der Waals surface area contributed by atoms with Crippen LogP contribution in [0, 0.1) is 5.92 Å². The first kappa shape index (κ1) is 17.2. The van der Waals surface area contributed by atoms with Crippen molar-refractivity contribution in [3.8, 4) is 0 Å². The minimum atomic E-state index is -0.0229. The minimum Gasteiger partial charge on any atom is -0.461 e. The van der Waals surface area contributed by atoms with Crippen LogP contribution in [-0.4, -0.2) is 26.5 Å². The molecule has 6 heteroatoms. The molecule has 3 atom stereocenters. The Morgan fingerprint density at radius 3 is 2.91 bits per heavy atom. The monoisotopic (exact) mass is 413 g/mol. The largest absolute Gasteiger partial charge is 0.461 e. The van der Waals surface area contributed by atoms with Gasteiger partial charge in [-0.05, 0) is 44.2 Å². The quantitative estimate of drug-likeness (QED) is 0.388. The highest BCUT2D eigenvalue weighted by molar-refractivity contribution is 9.09. The van der Waals surface area contributed by atoms with Crippen LogP contribution in [0.25, 0.3) is 6.08 Å². The van der Waals surface area contributed by atoms with Crippen LogP contribution in [0.2, 0.25) is 0 Å². The zero-order valence-corrected chi connectivity index (χ0v) is 16.5. The van der Waals surface area contributed by atoms with Crippen molar-refractivity contribution in [2.75, 3.05) is 6.54 Å². The van der Waals surface area contributed by atoms with Crippen LogP contribution in [0.5, 0.6) is 0 Å². The van der Waals surface area contributed by atoms with Crippen molar-refractivity contribution < 1.29 is 9.21 Å². The van der Waals surface area contributed by atoms with E-state index < -0.39 is 0 Å². The summed E-state index contributed by atoms with van der Waals surface area (Å²) in [5.74, 6) is 2.90. The van der Waals surface area contributed by atoms with Crippen molar-refractivity contribution in [2.24, 2.45) is 5.92 Å². The van der Waals surface area contributed by atoms with Crippen molar-refractivity contribution in [1.82, 2.24) is 4.90 Å². The van der Waals surface area contributed by atoms with Crippen molar-refractivity contribution >= 4 is 56.2 Å². The molecule has 1 aromatic heterocycles. The molecule has 1 aliphatic carbocycles. The lowest BCUT2D eigenvalue weighted by atomic mass is 9.82. The van der Waals surface area contributed by atoms with Crippen LogP contribution in [0.3, 0.4) is 0 Å². The molecule has 2 unspecified atom stereocenters. The lowest BCUT2D eigenvalue weighted by Crippen LogP contribution is -2.27. The Labute approximate surface area is 155 Å². The van der Waals surface area contributed by atoms with E-state index in [-0.39, 0.29) is 5.91 Å². The van der Waals surface area contributed by atoms with Gasteiger partial charge in [0.1, 0.15) is 15.8 Å². The van der Waals surface area contributed by atoms with Gasteiger partial charge in [0.25, 0.3) is 5.91 Å². The van der Waals surface area contributed by atoms with Crippen molar-refractivity contribution in [3.63, 3.8) is 0 Å². The molecule has 1 aromatic rings. The molecule has 2 heterocycles. The molecule has 3 rings (SSSR count). The predicted molar refractivity (Wildman–Crippen MR) is 103 cm³/mol. The maximum atomic E-state index is 12.2. The van der Waals surface area contributed by atoms with Gasteiger partial charge in [-0.3, -0.25) is 9.69 Å². The molecule has 1 saturated carbocycles. The molecule has 2 fully saturated rings. The zero-order chi connectivity index (χ0) is 16.6. The fourth-order valence-electron chi connectivity index (χ4n) is 3.18. The molecule has 0 N–H and O–H groups in total. The van der Waals surface area contributed by atoms with E-state index in [2.05, 4.69) is 22.9 Å². The highest BCUT2D eigenvalue weighted by atomic mass is 79.9. The number of thioether (sulfide) groups is 1. The van der Waals surface area contributed by atoms with Crippen LogP contribution >= 0.6 is 39.9 Å². The maximum absolute atomic E-state index is 12.2. The fraction of sp³-hybridized carbons (Fsp3) is 0.529. The number of amides is 1. The first-order valence-corrected chi connectivity index (χ1v) is 10.1. The van der Waals surface area contributed by atoms with Gasteiger partial charge in [-0.2, -0.15) is 0 Å². The number of hydrogen-bond donors (Lipinski definition) is 0. The van der Waals surface area contributed by atoms with Gasteiger partial charge in [-0.25, -0.2) is 0 Å². The van der Waals surface area contributed by atoms with Gasteiger partial charge in [-0.15, -0.1) is 0 Å². The number of rotatable bonds is 3. The van der Waals surface area contributed by atoms with Crippen LogP contribution in [0.15, 0.2) is 21.5 Å². The molecule has 0 bridgehead atoms. The van der Waals surface area contributed by atoms with Gasteiger partial charge in [0.2, 0.25) is 0 Å². The Morgan fingerprint density at radius 2 is 2.26 bits per heavy atom. The maximum Gasteiger partial charge on any atom is 0.266 e. The second-order valence-electron chi connectivity index (χ2n) is 6.21. The third kappa shape index (κ3) is 3.59. The van der Waals surface area contributed by atoms with E-state index in [1.165, 1.54) is 24.6 Å². The number of carbonyl (C=O) groups excluding carboxylic acids is 1. The van der Waals surface area contributed by atoms with Gasteiger partial charge in [0, 0.05) is 23.4 Å². The molecular formula is C17H20BrNO2S2. The average molecular weight is 414 g/mol. The van der Waals surface area contributed by atoms with Crippen LogP contribution < -0.4 is 0 Å². The first-order chi connectivity index (χ1) is 11.0. The van der Waals surface area contributed by atoms with E-state index >= 15 is 0 Å². The smallest absolute Gasteiger partial charge is 0.266 e. The molecule has 2 aliphatic rings. The van der Waals surface area contributed by atoms with E-state index in [1.807, 2.05) is 25.1 Å². The summed E-state index contributed by atoms with van der Waals surface area (Å²) in [7, 11) is 0. The fourth-order valence-corrected chi connectivity index (χ4v) is 5.71. The Balaban J connectivity index is 1.76. The third-order valence-electron chi connectivity index (χ3n) is 4.51. The first-order valence-electron chi connectivity index (χ1n) is 7.98. The van der Waals surface area contributed by atoms with E-state index in [1.54, 1.807) is 4.90 Å². The summed E-state index contributed by atoms with van der Waals surface area (Å²) in [5, 5.41) is 0. The van der Waals surface area contributed by atoms with Crippen molar-refractivity contribution in [1.29, 1.82) is 0 Å². The second-order valence-corrected chi connectivity index (χ2v) is 9.06. The molecule has 0 radical (unpaired) electrons. The van der Waals surface area contributed by atoms with Crippen LogP contribution in [-0.2, 0) is 4.79 Å². The van der Waals surface area contributed by atoms with E-state index in [9.17, 15) is 4.79 Å². The van der Waals surface area contributed by atoms with Crippen molar-refractivity contribution in [3.05, 3.63) is 28.6 Å². The molecule has 3 nitrogen and oxygen atoms in total. The molecule has 124 valence electrons. The van der Waals surface area contributed by atoms with Gasteiger partial charge >= 0.3 is 0 Å². The molecule has 23 heavy (non-hydrogen) atoms. The molecule has 0 aromatic carbocycles. The normalized spacial score (nSPS) is 30.5. The Morgan fingerprint density at radius 1 is 1.48 bits per heavy atom. The predicted octanol–water partition coefficient (Wildman–Crippen LogP) is 5.17. The Hall–Kier alpha value is -0.590. The number of likely N-dealkylation sites (N-methyl/N-ethyl adjacent to an activating group) is 1. The number of nitrogens with zero attached hydrogens (tertiary/aromatic N) is 1. The number of alkyl halides is 1. The molecule has 1 saturated heterocycles. The standard InChI is InChI=1S/C17H20BrNO2S2/c1-3-19-16(20)15(23-17(19)22)9-11-5-7-14(21-11)12-6-4-10(2)8-13(12)18/h5,7,9-10,12-13H,3-4,6,8H2,1-2H3/b15-9+/t10-,12?,13?/m1/s1. The number of furan rings is 1. The summed E-state index contributed by atoms with van der Waals surface area (Å²) in [4.78, 5) is 15.0. The summed E-state index contributed by atoms with van der Waals surface area (Å²) in [6, 6.07) is 3.99. The number of halogens is 1. The van der Waals surface area contributed by atoms with Gasteiger partial charge in [-0.1, -0.05) is 46.8 Å². The molecule has 1 amide bonds. The summed E-state index contributed by atoms with van der Waals surface area (Å²) >= 11 is 10.4. The Bertz CT molecular complexity index is 655. The van der Waals surface area contributed by atoms with E-state index in [0.717, 1.165) is 23.9 Å². The van der Waals surface area contributed by atoms with Gasteiger partial charge in [0.15, 0.2) is 0 Å². The van der Waals surface area contributed by atoms with E-state index in [0.29, 0.717) is 26.5 Å². The van der Waals surface area contributed by atoms with Crippen LogP contribution in [0.4, 0.5) is 0 Å². The number of carbonyl (C=O) groups is 1. The van der Waals surface area contributed by atoms with Gasteiger partial charge in [0.05, 0.1) is 4.91 Å². The summed E-state index contributed by atoms with van der Waals surface area (Å²) in [6.07, 6.45) is 5.36. The van der Waals surface area contributed by atoms with E-state index in [4.69, 9.17) is 16.6 Å². The minimum absolute atomic E-state index is 0.0229. The second kappa shape index (κ2) is 7.11. The molecular weight excluding hydrogens is 394 g/mol. The summed E-state index contributed by atoms with van der Waals surface area (Å²) in [6.45, 7) is 4.84. The van der Waals surface area contributed by atoms with Gasteiger partial charge < -0.3 is 4.42 Å². The highest BCUT2D eigenvalue weighted by Crippen LogP contribution is 2.41.